The normalized spacial score (nSPS) is 10.6. The number of hydrogen-bond donors (Lipinski definition) is 2. The van der Waals surface area contributed by atoms with Gasteiger partial charge in [0.05, 0.1) is 19.9 Å². The number of ether oxygens (including phenoxy) is 2. The van der Waals surface area contributed by atoms with Gasteiger partial charge in [-0.3, -0.25) is 9.59 Å². The number of methoxy groups -OCH3 is 1. The molecule has 0 saturated heterocycles. The van der Waals surface area contributed by atoms with Crippen LogP contribution in [0.3, 0.4) is 0 Å². The Labute approximate surface area is 171 Å². The molecular weight excluding hydrogens is 370 g/mol. The van der Waals surface area contributed by atoms with Crippen LogP contribution in [0.2, 0.25) is 0 Å². The number of hydrogen-bond acceptors (Lipinski definition) is 5. The molecule has 0 aliphatic carbocycles. The first kappa shape index (κ1) is 21.9. The topological polar surface area (TPSA) is 89.0 Å². The van der Waals surface area contributed by atoms with Crippen LogP contribution in [0.25, 0.3) is 0 Å². The first-order valence-corrected chi connectivity index (χ1v) is 9.51. The van der Waals surface area contributed by atoms with E-state index >= 15 is 0 Å². The van der Waals surface area contributed by atoms with Gasteiger partial charge in [-0.15, -0.1) is 0 Å². The van der Waals surface area contributed by atoms with E-state index in [1.807, 2.05) is 44.2 Å². The molecule has 0 heterocycles. The van der Waals surface area contributed by atoms with E-state index in [9.17, 15) is 9.59 Å². The molecule has 0 aliphatic rings. The molecule has 2 aromatic rings. The fourth-order valence-electron chi connectivity index (χ4n) is 2.48. The SMILES string of the molecule is CCCOc1ccc(C=NNC(=O)CCC(=O)Nc2ccccc2C)cc1OC. The third-order valence-corrected chi connectivity index (χ3v) is 4.05. The number of aryl methyl sites for hydroxylation is 1. The van der Waals surface area contributed by atoms with Crippen LogP contribution in [0.15, 0.2) is 47.6 Å². The third-order valence-electron chi connectivity index (χ3n) is 4.05. The van der Waals surface area contributed by atoms with Crippen molar-refractivity contribution < 1.29 is 19.1 Å². The quantitative estimate of drug-likeness (QED) is 0.473. The molecule has 2 amide bonds. The van der Waals surface area contributed by atoms with E-state index in [1.54, 1.807) is 19.2 Å². The molecule has 7 heteroatoms. The predicted octanol–water partition coefficient (Wildman–Crippen LogP) is 3.66. The number of nitrogens with one attached hydrogen (secondary N) is 2. The van der Waals surface area contributed by atoms with Crippen LogP contribution in [-0.2, 0) is 9.59 Å². The first-order valence-electron chi connectivity index (χ1n) is 9.51. The van der Waals surface area contributed by atoms with Crippen molar-refractivity contribution in [3.63, 3.8) is 0 Å². The minimum Gasteiger partial charge on any atom is -0.493 e. The summed E-state index contributed by atoms with van der Waals surface area (Å²) in [4.78, 5) is 23.9. The van der Waals surface area contributed by atoms with Gasteiger partial charge in [0.25, 0.3) is 0 Å². The average molecular weight is 397 g/mol. The summed E-state index contributed by atoms with van der Waals surface area (Å²) in [6.07, 6.45) is 2.54. The van der Waals surface area contributed by atoms with Gasteiger partial charge in [0.1, 0.15) is 0 Å². The van der Waals surface area contributed by atoms with E-state index < -0.39 is 0 Å². The molecule has 0 spiro atoms. The number of rotatable bonds is 10. The summed E-state index contributed by atoms with van der Waals surface area (Å²) >= 11 is 0. The minimum atomic E-state index is -0.337. The highest BCUT2D eigenvalue weighted by Crippen LogP contribution is 2.27. The second-order valence-electron chi connectivity index (χ2n) is 6.42. The molecule has 0 unspecified atom stereocenters. The van der Waals surface area contributed by atoms with Crippen LogP contribution in [0.4, 0.5) is 5.69 Å². The summed E-state index contributed by atoms with van der Waals surface area (Å²) in [5, 5.41) is 6.73. The summed E-state index contributed by atoms with van der Waals surface area (Å²) in [6, 6.07) is 12.9. The number of anilines is 1. The average Bonchev–Trinajstić information content (AvgIpc) is 2.72. The van der Waals surface area contributed by atoms with Crippen molar-refractivity contribution in [2.45, 2.75) is 33.1 Å². The van der Waals surface area contributed by atoms with Crippen LogP contribution in [0.5, 0.6) is 11.5 Å². The van der Waals surface area contributed by atoms with E-state index in [4.69, 9.17) is 9.47 Å². The minimum absolute atomic E-state index is 0.0438. The van der Waals surface area contributed by atoms with Crippen molar-refractivity contribution in [1.29, 1.82) is 0 Å². The van der Waals surface area contributed by atoms with Gasteiger partial charge in [-0.1, -0.05) is 25.1 Å². The molecule has 0 aliphatic heterocycles. The fourth-order valence-corrected chi connectivity index (χ4v) is 2.48. The van der Waals surface area contributed by atoms with Crippen LogP contribution in [0.1, 0.15) is 37.3 Å². The number of hydrazone groups is 1. The maximum Gasteiger partial charge on any atom is 0.240 e. The highest BCUT2D eigenvalue weighted by molar-refractivity contribution is 5.94. The van der Waals surface area contributed by atoms with E-state index in [0.717, 1.165) is 23.2 Å². The second-order valence-corrected chi connectivity index (χ2v) is 6.42. The molecule has 0 radical (unpaired) electrons. The van der Waals surface area contributed by atoms with E-state index in [-0.39, 0.29) is 24.7 Å². The van der Waals surface area contributed by atoms with Crippen molar-refractivity contribution in [1.82, 2.24) is 5.43 Å². The molecular formula is C22H27N3O4. The largest absolute Gasteiger partial charge is 0.493 e. The Morgan fingerprint density at radius 1 is 1.07 bits per heavy atom. The van der Waals surface area contributed by atoms with Crippen molar-refractivity contribution >= 4 is 23.7 Å². The monoisotopic (exact) mass is 397 g/mol. The molecule has 7 nitrogen and oxygen atoms in total. The van der Waals surface area contributed by atoms with Crippen LogP contribution in [-0.4, -0.2) is 31.7 Å². The number of carbonyl (C=O) groups is 2. The lowest BCUT2D eigenvalue weighted by Crippen LogP contribution is -2.20. The molecule has 2 rings (SSSR count). The Morgan fingerprint density at radius 2 is 1.83 bits per heavy atom. The molecule has 29 heavy (non-hydrogen) atoms. The van der Waals surface area contributed by atoms with Gasteiger partial charge in [-0.05, 0) is 48.7 Å². The number of nitrogens with zero attached hydrogens (tertiary/aromatic N) is 1. The number of amides is 2. The highest BCUT2D eigenvalue weighted by atomic mass is 16.5. The zero-order chi connectivity index (χ0) is 21.1. The van der Waals surface area contributed by atoms with Gasteiger partial charge in [-0.2, -0.15) is 5.10 Å². The molecule has 2 aromatic carbocycles. The molecule has 0 aromatic heterocycles. The van der Waals surface area contributed by atoms with E-state index in [0.29, 0.717) is 18.1 Å². The van der Waals surface area contributed by atoms with Crippen molar-refractivity contribution in [3.8, 4) is 11.5 Å². The molecule has 2 N–H and O–H groups in total. The summed E-state index contributed by atoms with van der Waals surface area (Å²) < 4.78 is 10.9. The third kappa shape index (κ3) is 7.29. The molecule has 0 atom stereocenters. The Bertz CT molecular complexity index is 865. The lowest BCUT2D eigenvalue weighted by molar-refractivity contribution is -0.124. The molecule has 0 fully saturated rings. The van der Waals surface area contributed by atoms with Gasteiger partial charge in [0.15, 0.2) is 11.5 Å². The zero-order valence-electron chi connectivity index (χ0n) is 17.0. The smallest absolute Gasteiger partial charge is 0.240 e. The first-order chi connectivity index (χ1) is 14.0. The standard InChI is InChI=1S/C22H27N3O4/c1-4-13-29-19-10-9-17(14-20(19)28-3)15-23-25-22(27)12-11-21(26)24-18-8-6-5-7-16(18)2/h5-10,14-15H,4,11-13H2,1-3H3,(H,24,26)(H,25,27). The summed E-state index contributed by atoms with van der Waals surface area (Å²) in [7, 11) is 1.57. The van der Waals surface area contributed by atoms with Crippen molar-refractivity contribution in [2.24, 2.45) is 5.10 Å². The molecule has 0 saturated carbocycles. The molecule has 154 valence electrons. The Morgan fingerprint density at radius 3 is 2.55 bits per heavy atom. The maximum atomic E-state index is 12.0. The Balaban J connectivity index is 1.80. The van der Waals surface area contributed by atoms with Gasteiger partial charge in [0.2, 0.25) is 11.8 Å². The Hall–Kier alpha value is -3.35. The van der Waals surface area contributed by atoms with Crippen LogP contribution < -0.4 is 20.2 Å². The zero-order valence-corrected chi connectivity index (χ0v) is 17.0. The lowest BCUT2D eigenvalue weighted by atomic mass is 10.2. The van der Waals surface area contributed by atoms with Gasteiger partial charge >= 0.3 is 0 Å². The summed E-state index contributed by atoms with van der Waals surface area (Å²) in [5.41, 5.74) is 4.90. The predicted molar refractivity (Wildman–Crippen MR) is 114 cm³/mol. The fraction of sp³-hybridized carbons (Fsp3) is 0.318. The highest BCUT2D eigenvalue weighted by Gasteiger charge is 2.08. The second kappa shape index (κ2) is 11.5. The number of benzene rings is 2. The van der Waals surface area contributed by atoms with E-state index in [2.05, 4.69) is 15.8 Å². The van der Waals surface area contributed by atoms with E-state index in [1.165, 1.54) is 6.21 Å². The molecule has 0 bridgehead atoms. The van der Waals surface area contributed by atoms with Crippen molar-refractivity contribution in [2.75, 3.05) is 19.0 Å². The lowest BCUT2D eigenvalue weighted by Gasteiger charge is -2.10. The van der Waals surface area contributed by atoms with Gasteiger partial charge in [-0.25, -0.2) is 5.43 Å². The Kier molecular flexibility index (Phi) is 8.69. The summed E-state index contributed by atoms with van der Waals surface area (Å²) in [5.74, 6) is 0.707. The van der Waals surface area contributed by atoms with Gasteiger partial charge in [0, 0.05) is 18.5 Å². The number of para-hydroxylation sites is 1. The summed E-state index contributed by atoms with van der Waals surface area (Å²) in [6.45, 7) is 4.55. The van der Waals surface area contributed by atoms with Crippen LogP contribution >= 0.6 is 0 Å². The maximum absolute atomic E-state index is 12.0. The van der Waals surface area contributed by atoms with Crippen LogP contribution in [0, 0.1) is 6.92 Å². The van der Waals surface area contributed by atoms with Crippen molar-refractivity contribution in [3.05, 3.63) is 53.6 Å². The van der Waals surface area contributed by atoms with Gasteiger partial charge < -0.3 is 14.8 Å². The number of carbonyl (C=O) groups excluding carboxylic acids is 2.